The zero-order chi connectivity index (χ0) is 13.8. The fourth-order valence-electron chi connectivity index (χ4n) is 2.44. The van der Waals surface area contributed by atoms with Crippen LogP contribution in [0.4, 0.5) is 10.5 Å². The Labute approximate surface area is 113 Å². The van der Waals surface area contributed by atoms with Crippen molar-refractivity contribution in [3.05, 3.63) is 29.8 Å². The SMILES string of the molecule is CN1CC(CCN)CN(c2cccc(C#N)c2)C1=O. The molecule has 1 aromatic rings. The number of carbonyl (C=O) groups is 1. The second kappa shape index (κ2) is 5.72. The lowest BCUT2D eigenvalue weighted by molar-refractivity contribution is 0.191. The molecule has 0 spiro atoms. The Hall–Kier alpha value is -2.06. The highest BCUT2D eigenvalue weighted by molar-refractivity contribution is 5.92. The molecule has 0 aliphatic carbocycles. The highest BCUT2D eigenvalue weighted by Gasteiger charge is 2.30. The van der Waals surface area contributed by atoms with Crippen molar-refractivity contribution >= 4 is 11.7 Å². The fourth-order valence-corrected chi connectivity index (χ4v) is 2.44. The fraction of sp³-hybridized carbons (Fsp3) is 0.429. The maximum atomic E-state index is 12.2. The molecule has 2 N–H and O–H groups in total. The molecule has 5 nitrogen and oxygen atoms in total. The Morgan fingerprint density at radius 1 is 1.47 bits per heavy atom. The van der Waals surface area contributed by atoms with E-state index in [0.29, 0.717) is 24.6 Å². The number of amides is 2. The van der Waals surface area contributed by atoms with Gasteiger partial charge in [-0.1, -0.05) is 6.07 Å². The third kappa shape index (κ3) is 2.85. The van der Waals surface area contributed by atoms with Crippen LogP contribution >= 0.6 is 0 Å². The van der Waals surface area contributed by atoms with Crippen LogP contribution in [0.5, 0.6) is 0 Å². The van der Waals surface area contributed by atoms with Crippen molar-refractivity contribution in [3.8, 4) is 6.07 Å². The topological polar surface area (TPSA) is 73.4 Å². The molecule has 0 aromatic heterocycles. The average Bonchev–Trinajstić information content (AvgIpc) is 2.43. The summed E-state index contributed by atoms with van der Waals surface area (Å²) in [5.74, 6) is 0.374. The molecule has 19 heavy (non-hydrogen) atoms. The molecule has 1 aliphatic heterocycles. The maximum Gasteiger partial charge on any atom is 0.324 e. The van der Waals surface area contributed by atoms with Crippen LogP contribution in [0.25, 0.3) is 0 Å². The van der Waals surface area contributed by atoms with Gasteiger partial charge in [0.15, 0.2) is 0 Å². The number of hydrogen-bond acceptors (Lipinski definition) is 3. The van der Waals surface area contributed by atoms with Crippen LogP contribution in [0, 0.1) is 17.2 Å². The van der Waals surface area contributed by atoms with Crippen molar-refractivity contribution in [2.24, 2.45) is 11.7 Å². The summed E-state index contributed by atoms with van der Waals surface area (Å²) in [7, 11) is 1.80. The number of benzene rings is 1. The van der Waals surface area contributed by atoms with Crippen LogP contribution in [0.2, 0.25) is 0 Å². The molecule has 100 valence electrons. The van der Waals surface area contributed by atoms with Gasteiger partial charge in [-0.2, -0.15) is 5.26 Å². The molecular formula is C14H18N4O. The minimum Gasteiger partial charge on any atom is -0.330 e. The number of nitrogens with zero attached hydrogens (tertiary/aromatic N) is 3. The third-order valence-corrected chi connectivity index (χ3v) is 3.39. The number of carbonyl (C=O) groups excluding carboxylic acids is 1. The first kappa shape index (κ1) is 13.4. The van der Waals surface area contributed by atoms with Gasteiger partial charge in [-0.3, -0.25) is 4.90 Å². The van der Waals surface area contributed by atoms with Crippen molar-refractivity contribution in [2.75, 3.05) is 31.6 Å². The van der Waals surface area contributed by atoms with Crippen LogP contribution < -0.4 is 10.6 Å². The maximum absolute atomic E-state index is 12.2. The Morgan fingerprint density at radius 2 is 2.26 bits per heavy atom. The lowest BCUT2D eigenvalue weighted by atomic mass is 10.0. The predicted molar refractivity (Wildman–Crippen MR) is 73.7 cm³/mol. The van der Waals surface area contributed by atoms with Crippen molar-refractivity contribution in [2.45, 2.75) is 6.42 Å². The van der Waals surface area contributed by atoms with Gasteiger partial charge in [0.2, 0.25) is 0 Å². The molecule has 2 amide bonds. The van der Waals surface area contributed by atoms with Crippen LogP contribution in [0.15, 0.2) is 24.3 Å². The van der Waals surface area contributed by atoms with E-state index in [1.165, 1.54) is 0 Å². The van der Waals surface area contributed by atoms with E-state index in [0.717, 1.165) is 18.7 Å². The smallest absolute Gasteiger partial charge is 0.324 e. The number of anilines is 1. The minimum absolute atomic E-state index is 0.0247. The monoisotopic (exact) mass is 258 g/mol. The quantitative estimate of drug-likeness (QED) is 0.890. The molecule has 1 fully saturated rings. The summed E-state index contributed by atoms with van der Waals surface area (Å²) in [6, 6.07) is 9.21. The molecule has 5 heteroatoms. The Kier molecular flexibility index (Phi) is 4.03. The minimum atomic E-state index is -0.0247. The average molecular weight is 258 g/mol. The van der Waals surface area contributed by atoms with E-state index in [1.807, 2.05) is 6.07 Å². The van der Waals surface area contributed by atoms with Crippen LogP contribution in [0.3, 0.4) is 0 Å². The standard InChI is InChI=1S/C14H18N4O/c1-17-9-12(5-6-15)10-18(14(17)19)13-4-2-3-11(7-13)8-16/h2-4,7,12H,5-6,9-10,15H2,1H3. The Morgan fingerprint density at radius 3 is 2.95 bits per heavy atom. The molecule has 1 aromatic carbocycles. The predicted octanol–water partition coefficient (Wildman–Crippen LogP) is 1.40. The summed E-state index contributed by atoms with van der Waals surface area (Å²) in [5.41, 5.74) is 6.94. The first-order valence-corrected chi connectivity index (χ1v) is 6.38. The molecule has 1 atom stereocenters. The molecule has 1 heterocycles. The van der Waals surface area contributed by atoms with Gasteiger partial charge >= 0.3 is 6.03 Å². The molecular weight excluding hydrogens is 240 g/mol. The lowest BCUT2D eigenvalue weighted by Crippen LogP contribution is -2.52. The molecule has 0 radical (unpaired) electrons. The van der Waals surface area contributed by atoms with Gasteiger partial charge in [0, 0.05) is 25.8 Å². The number of nitrogens with two attached hydrogens (primary N) is 1. The lowest BCUT2D eigenvalue weighted by Gasteiger charge is -2.38. The van der Waals surface area contributed by atoms with Crippen molar-refractivity contribution < 1.29 is 4.79 Å². The molecule has 1 saturated heterocycles. The summed E-state index contributed by atoms with van der Waals surface area (Å²) in [6.07, 6.45) is 0.895. The van der Waals surface area contributed by atoms with E-state index in [-0.39, 0.29) is 6.03 Å². The van der Waals surface area contributed by atoms with Crippen LogP contribution in [-0.4, -0.2) is 37.6 Å². The Bertz CT molecular complexity index is 508. The normalized spacial score (nSPS) is 19.4. The Balaban J connectivity index is 2.25. The highest BCUT2D eigenvalue weighted by Crippen LogP contribution is 2.23. The zero-order valence-electron chi connectivity index (χ0n) is 11.0. The van der Waals surface area contributed by atoms with Gasteiger partial charge < -0.3 is 10.6 Å². The molecule has 0 saturated carbocycles. The molecule has 1 unspecified atom stereocenters. The van der Waals surface area contributed by atoms with E-state index in [2.05, 4.69) is 6.07 Å². The highest BCUT2D eigenvalue weighted by atomic mass is 16.2. The van der Waals surface area contributed by atoms with Crippen LogP contribution in [0.1, 0.15) is 12.0 Å². The largest absolute Gasteiger partial charge is 0.330 e. The third-order valence-electron chi connectivity index (χ3n) is 3.39. The number of hydrogen-bond donors (Lipinski definition) is 1. The first-order valence-electron chi connectivity index (χ1n) is 6.38. The molecule has 1 aliphatic rings. The van der Waals surface area contributed by atoms with E-state index in [1.54, 1.807) is 35.0 Å². The second-order valence-corrected chi connectivity index (χ2v) is 4.88. The first-order chi connectivity index (χ1) is 9.15. The number of rotatable bonds is 3. The van der Waals surface area contributed by atoms with E-state index in [9.17, 15) is 4.79 Å². The zero-order valence-corrected chi connectivity index (χ0v) is 11.0. The number of nitriles is 1. The van der Waals surface area contributed by atoms with E-state index in [4.69, 9.17) is 11.0 Å². The van der Waals surface area contributed by atoms with Gasteiger partial charge in [-0.15, -0.1) is 0 Å². The van der Waals surface area contributed by atoms with Gasteiger partial charge in [-0.25, -0.2) is 4.79 Å². The van der Waals surface area contributed by atoms with Crippen LogP contribution in [-0.2, 0) is 0 Å². The van der Waals surface area contributed by atoms with Gasteiger partial charge in [-0.05, 0) is 37.1 Å². The summed E-state index contributed by atoms with van der Waals surface area (Å²) >= 11 is 0. The van der Waals surface area contributed by atoms with Crippen molar-refractivity contribution in [1.82, 2.24) is 4.90 Å². The summed E-state index contributed by atoms with van der Waals surface area (Å²) in [6.45, 7) is 2.03. The summed E-state index contributed by atoms with van der Waals surface area (Å²) in [4.78, 5) is 15.7. The second-order valence-electron chi connectivity index (χ2n) is 4.88. The van der Waals surface area contributed by atoms with Crippen molar-refractivity contribution in [3.63, 3.8) is 0 Å². The molecule has 2 rings (SSSR count). The summed E-state index contributed by atoms with van der Waals surface area (Å²) < 4.78 is 0. The van der Waals surface area contributed by atoms with Gasteiger partial charge in [0.25, 0.3) is 0 Å². The van der Waals surface area contributed by atoms with Gasteiger partial charge in [0.05, 0.1) is 11.6 Å². The van der Waals surface area contributed by atoms with E-state index < -0.39 is 0 Å². The summed E-state index contributed by atoms with van der Waals surface area (Å²) in [5, 5.41) is 8.93. The van der Waals surface area contributed by atoms with Gasteiger partial charge in [0.1, 0.15) is 0 Å². The number of urea groups is 1. The molecule has 0 bridgehead atoms. The van der Waals surface area contributed by atoms with E-state index >= 15 is 0 Å². The van der Waals surface area contributed by atoms with Crippen molar-refractivity contribution in [1.29, 1.82) is 5.26 Å².